The van der Waals surface area contributed by atoms with Gasteiger partial charge < -0.3 is 15.0 Å². The SMILES string of the molecule is Cc1[nH]c(-c2ccccc2)nc1C(=O)N1CCN(Cc2cccc(O)c2)CC1. The highest BCUT2D eigenvalue weighted by Crippen LogP contribution is 2.20. The Kier molecular flexibility index (Phi) is 5.12. The van der Waals surface area contributed by atoms with Crippen LogP contribution in [0.1, 0.15) is 21.7 Å². The maximum absolute atomic E-state index is 13.0. The Balaban J connectivity index is 1.40. The molecule has 0 aliphatic carbocycles. The van der Waals surface area contributed by atoms with Gasteiger partial charge in [0.05, 0.1) is 0 Å². The van der Waals surface area contributed by atoms with Gasteiger partial charge in [-0.1, -0.05) is 42.5 Å². The summed E-state index contributed by atoms with van der Waals surface area (Å²) in [7, 11) is 0. The molecule has 144 valence electrons. The lowest BCUT2D eigenvalue weighted by atomic mass is 10.2. The van der Waals surface area contributed by atoms with Crippen LogP contribution in [0, 0.1) is 6.92 Å². The Bertz CT molecular complexity index is 960. The van der Waals surface area contributed by atoms with Crippen LogP contribution in [0.2, 0.25) is 0 Å². The lowest BCUT2D eigenvalue weighted by Crippen LogP contribution is -2.48. The van der Waals surface area contributed by atoms with E-state index in [-0.39, 0.29) is 11.7 Å². The van der Waals surface area contributed by atoms with Gasteiger partial charge in [-0.05, 0) is 24.6 Å². The zero-order chi connectivity index (χ0) is 19.5. The molecule has 1 aromatic heterocycles. The average molecular weight is 376 g/mol. The molecule has 1 saturated heterocycles. The average Bonchev–Trinajstić information content (AvgIpc) is 3.10. The summed E-state index contributed by atoms with van der Waals surface area (Å²) in [5.41, 5.74) is 3.35. The molecule has 1 fully saturated rings. The number of aromatic nitrogens is 2. The zero-order valence-electron chi connectivity index (χ0n) is 15.9. The fraction of sp³-hybridized carbons (Fsp3) is 0.273. The van der Waals surface area contributed by atoms with Crippen molar-refractivity contribution in [1.82, 2.24) is 19.8 Å². The number of nitrogens with zero attached hydrogens (tertiary/aromatic N) is 3. The molecule has 4 rings (SSSR count). The first kappa shape index (κ1) is 18.3. The number of nitrogens with one attached hydrogen (secondary N) is 1. The number of benzene rings is 2. The van der Waals surface area contributed by atoms with Crippen LogP contribution in [0.4, 0.5) is 0 Å². The third kappa shape index (κ3) is 3.92. The van der Waals surface area contributed by atoms with E-state index in [9.17, 15) is 9.90 Å². The highest BCUT2D eigenvalue weighted by molar-refractivity contribution is 5.94. The number of phenolic OH excluding ortho intramolecular Hbond substituents is 1. The molecule has 0 saturated carbocycles. The molecule has 28 heavy (non-hydrogen) atoms. The number of rotatable bonds is 4. The predicted molar refractivity (Wildman–Crippen MR) is 108 cm³/mol. The minimum atomic E-state index is -0.0204. The second-order valence-electron chi connectivity index (χ2n) is 7.16. The number of amides is 1. The fourth-order valence-corrected chi connectivity index (χ4v) is 3.57. The topological polar surface area (TPSA) is 72.5 Å². The highest BCUT2D eigenvalue weighted by atomic mass is 16.3. The molecule has 6 heteroatoms. The quantitative estimate of drug-likeness (QED) is 0.734. The smallest absolute Gasteiger partial charge is 0.274 e. The lowest BCUT2D eigenvalue weighted by molar-refractivity contribution is 0.0622. The van der Waals surface area contributed by atoms with Crippen LogP contribution in [0.25, 0.3) is 11.4 Å². The van der Waals surface area contributed by atoms with Gasteiger partial charge in [0.15, 0.2) is 0 Å². The molecule has 2 N–H and O–H groups in total. The first-order valence-electron chi connectivity index (χ1n) is 9.52. The van der Waals surface area contributed by atoms with Gasteiger partial charge >= 0.3 is 0 Å². The number of H-pyrrole nitrogens is 1. The van der Waals surface area contributed by atoms with Crippen molar-refractivity contribution in [2.45, 2.75) is 13.5 Å². The molecule has 0 spiro atoms. The van der Waals surface area contributed by atoms with Crippen LogP contribution in [0.15, 0.2) is 54.6 Å². The standard InChI is InChI=1S/C22H24N4O2/c1-16-20(24-21(23-16)18-7-3-2-4-8-18)22(28)26-12-10-25(11-13-26)15-17-6-5-9-19(27)14-17/h2-9,14,27H,10-13,15H2,1H3,(H,23,24). The lowest BCUT2D eigenvalue weighted by Gasteiger charge is -2.34. The van der Waals surface area contributed by atoms with Gasteiger partial charge in [-0.15, -0.1) is 0 Å². The number of piperazine rings is 1. The maximum atomic E-state index is 13.0. The van der Waals surface area contributed by atoms with E-state index in [1.807, 2.05) is 54.3 Å². The number of aromatic amines is 1. The second-order valence-corrected chi connectivity index (χ2v) is 7.16. The zero-order valence-corrected chi connectivity index (χ0v) is 15.9. The monoisotopic (exact) mass is 376 g/mol. The fourth-order valence-electron chi connectivity index (χ4n) is 3.57. The number of phenols is 1. The predicted octanol–water partition coefficient (Wildman–Crippen LogP) is 3.05. The van der Waals surface area contributed by atoms with Gasteiger partial charge in [0, 0.05) is 44.0 Å². The van der Waals surface area contributed by atoms with E-state index in [1.165, 1.54) is 0 Å². The summed E-state index contributed by atoms with van der Waals surface area (Å²) < 4.78 is 0. The molecule has 2 heterocycles. The minimum Gasteiger partial charge on any atom is -0.508 e. The number of aromatic hydroxyl groups is 1. The maximum Gasteiger partial charge on any atom is 0.274 e. The number of hydrogen-bond donors (Lipinski definition) is 2. The molecule has 1 aliphatic heterocycles. The van der Waals surface area contributed by atoms with Gasteiger partial charge in [0.25, 0.3) is 5.91 Å². The minimum absolute atomic E-state index is 0.0204. The van der Waals surface area contributed by atoms with Crippen molar-refractivity contribution in [3.63, 3.8) is 0 Å². The van der Waals surface area contributed by atoms with E-state index in [0.29, 0.717) is 18.8 Å². The van der Waals surface area contributed by atoms with Crippen LogP contribution in [-0.4, -0.2) is 57.0 Å². The number of hydrogen-bond acceptors (Lipinski definition) is 4. The van der Waals surface area contributed by atoms with Gasteiger partial charge in [0.1, 0.15) is 17.3 Å². The third-order valence-electron chi connectivity index (χ3n) is 5.11. The highest BCUT2D eigenvalue weighted by Gasteiger charge is 2.25. The molecule has 0 atom stereocenters. The Labute approximate surface area is 164 Å². The van der Waals surface area contributed by atoms with Crippen LogP contribution in [0.5, 0.6) is 5.75 Å². The summed E-state index contributed by atoms with van der Waals surface area (Å²) in [5.74, 6) is 0.992. The molecule has 0 bridgehead atoms. The Morgan fingerprint density at radius 2 is 1.82 bits per heavy atom. The number of aryl methyl sites for hydroxylation is 1. The largest absolute Gasteiger partial charge is 0.508 e. The van der Waals surface area contributed by atoms with E-state index < -0.39 is 0 Å². The van der Waals surface area contributed by atoms with Gasteiger partial charge in [0.2, 0.25) is 0 Å². The number of imidazole rings is 1. The van der Waals surface area contributed by atoms with Crippen LogP contribution >= 0.6 is 0 Å². The third-order valence-corrected chi connectivity index (χ3v) is 5.11. The van der Waals surface area contributed by atoms with E-state index in [2.05, 4.69) is 14.9 Å². The molecule has 6 nitrogen and oxygen atoms in total. The summed E-state index contributed by atoms with van der Waals surface area (Å²) in [6, 6.07) is 17.2. The van der Waals surface area contributed by atoms with E-state index in [0.717, 1.165) is 42.3 Å². The van der Waals surface area contributed by atoms with E-state index in [4.69, 9.17) is 0 Å². The molecule has 1 aliphatic rings. The van der Waals surface area contributed by atoms with Gasteiger partial charge in [-0.3, -0.25) is 9.69 Å². The molecule has 2 aromatic carbocycles. The summed E-state index contributed by atoms with van der Waals surface area (Å²) in [6.45, 7) is 5.61. The molecule has 0 unspecified atom stereocenters. The molecule has 3 aromatic rings. The summed E-state index contributed by atoms with van der Waals surface area (Å²) >= 11 is 0. The Hall–Kier alpha value is -3.12. The van der Waals surface area contributed by atoms with Crippen LogP contribution in [-0.2, 0) is 6.54 Å². The first-order chi connectivity index (χ1) is 13.6. The second kappa shape index (κ2) is 7.86. The van der Waals surface area contributed by atoms with Crippen molar-refractivity contribution in [2.75, 3.05) is 26.2 Å². The Morgan fingerprint density at radius 3 is 2.54 bits per heavy atom. The molecular formula is C22H24N4O2. The van der Waals surface area contributed by atoms with Crippen molar-refractivity contribution >= 4 is 5.91 Å². The number of carbonyl (C=O) groups is 1. The van der Waals surface area contributed by atoms with Crippen molar-refractivity contribution < 1.29 is 9.90 Å². The van der Waals surface area contributed by atoms with E-state index in [1.54, 1.807) is 12.1 Å². The van der Waals surface area contributed by atoms with Crippen LogP contribution in [0.3, 0.4) is 0 Å². The number of carbonyl (C=O) groups excluding carboxylic acids is 1. The van der Waals surface area contributed by atoms with Crippen molar-refractivity contribution in [3.05, 3.63) is 71.5 Å². The molecular weight excluding hydrogens is 352 g/mol. The summed E-state index contributed by atoms with van der Waals surface area (Å²) in [4.78, 5) is 24.9. The van der Waals surface area contributed by atoms with Gasteiger partial charge in [-0.2, -0.15) is 0 Å². The molecule has 1 amide bonds. The van der Waals surface area contributed by atoms with Crippen molar-refractivity contribution in [2.24, 2.45) is 0 Å². The normalized spacial score (nSPS) is 15.0. The first-order valence-corrected chi connectivity index (χ1v) is 9.52. The summed E-state index contributed by atoms with van der Waals surface area (Å²) in [6.07, 6.45) is 0. The van der Waals surface area contributed by atoms with Crippen LogP contribution < -0.4 is 0 Å². The summed E-state index contributed by atoms with van der Waals surface area (Å²) in [5, 5.41) is 9.61. The van der Waals surface area contributed by atoms with E-state index >= 15 is 0 Å². The van der Waals surface area contributed by atoms with Crippen molar-refractivity contribution in [3.8, 4) is 17.1 Å². The Morgan fingerprint density at radius 1 is 1.07 bits per heavy atom. The van der Waals surface area contributed by atoms with Crippen molar-refractivity contribution in [1.29, 1.82) is 0 Å². The molecule has 0 radical (unpaired) electrons. The van der Waals surface area contributed by atoms with Gasteiger partial charge in [-0.25, -0.2) is 4.98 Å².